The standard InChI is InChI=1S/C27H30N4O4.Na.H/c32-25(11-5-7-17-29-24-10-4-6-16-28-24)30-19-26(33)31-23(18-27(34)35)22-14-12-21(13-15-22)20-8-2-1-3-9-20;;/h1-4,6,8-10,12-16,23H,5,7,11,17-19H2,(H,28,29)(H,30,32)(H,31,33)(H,34,35);;. The molecule has 3 rings (SSSR count). The maximum absolute atomic E-state index is 12.4. The van der Waals surface area contributed by atoms with Crippen LogP contribution in [0.2, 0.25) is 0 Å². The number of amides is 2. The Morgan fingerprint density at radius 2 is 1.53 bits per heavy atom. The number of hydrogen-bond acceptors (Lipinski definition) is 5. The van der Waals surface area contributed by atoms with Crippen LogP contribution < -0.4 is 16.0 Å². The fourth-order valence-corrected chi connectivity index (χ4v) is 3.57. The number of carboxylic acids is 1. The van der Waals surface area contributed by atoms with Crippen molar-refractivity contribution < 1.29 is 19.5 Å². The first kappa shape index (κ1) is 29.0. The van der Waals surface area contributed by atoms with Crippen molar-refractivity contribution >= 4 is 53.2 Å². The van der Waals surface area contributed by atoms with Gasteiger partial charge < -0.3 is 21.1 Å². The van der Waals surface area contributed by atoms with Crippen molar-refractivity contribution in [3.8, 4) is 11.1 Å². The molecule has 1 atom stereocenters. The molecule has 0 saturated heterocycles. The van der Waals surface area contributed by atoms with Crippen molar-refractivity contribution in [2.75, 3.05) is 18.4 Å². The van der Waals surface area contributed by atoms with Gasteiger partial charge in [0.05, 0.1) is 19.0 Å². The fourth-order valence-electron chi connectivity index (χ4n) is 3.57. The van der Waals surface area contributed by atoms with Crippen LogP contribution in [0.5, 0.6) is 0 Å². The number of hydrogen-bond donors (Lipinski definition) is 4. The molecular formula is C27H31N4NaO4. The molecule has 36 heavy (non-hydrogen) atoms. The second-order valence-corrected chi connectivity index (χ2v) is 8.08. The van der Waals surface area contributed by atoms with Gasteiger partial charge in [0, 0.05) is 19.2 Å². The van der Waals surface area contributed by atoms with Crippen LogP contribution in [0.25, 0.3) is 11.1 Å². The zero-order chi connectivity index (χ0) is 24.9. The van der Waals surface area contributed by atoms with E-state index in [-0.39, 0.29) is 48.4 Å². The predicted molar refractivity (Wildman–Crippen MR) is 142 cm³/mol. The summed E-state index contributed by atoms with van der Waals surface area (Å²) >= 11 is 0. The van der Waals surface area contributed by atoms with Crippen LogP contribution in [0.4, 0.5) is 5.82 Å². The van der Waals surface area contributed by atoms with Crippen LogP contribution in [0.1, 0.15) is 37.3 Å². The van der Waals surface area contributed by atoms with Crippen LogP contribution in [0.3, 0.4) is 0 Å². The molecule has 0 aliphatic carbocycles. The molecule has 3 aromatic rings. The van der Waals surface area contributed by atoms with Gasteiger partial charge in [-0.2, -0.15) is 0 Å². The van der Waals surface area contributed by atoms with Crippen molar-refractivity contribution in [2.24, 2.45) is 0 Å². The van der Waals surface area contributed by atoms with E-state index in [1.807, 2.05) is 72.8 Å². The first-order valence-corrected chi connectivity index (χ1v) is 11.6. The molecule has 9 heteroatoms. The monoisotopic (exact) mass is 498 g/mol. The Morgan fingerprint density at radius 1 is 0.833 bits per heavy atom. The third kappa shape index (κ3) is 10.2. The molecule has 1 heterocycles. The van der Waals surface area contributed by atoms with Gasteiger partial charge in [-0.25, -0.2) is 4.98 Å². The van der Waals surface area contributed by atoms with E-state index in [1.165, 1.54) is 0 Å². The van der Waals surface area contributed by atoms with E-state index in [9.17, 15) is 19.5 Å². The van der Waals surface area contributed by atoms with Gasteiger partial charge in [-0.1, -0.05) is 60.7 Å². The van der Waals surface area contributed by atoms with Crippen LogP contribution in [0.15, 0.2) is 79.0 Å². The minimum absolute atomic E-state index is 0. The summed E-state index contributed by atoms with van der Waals surface area (Å²) in [6, 6.07) is 22.2. The van der Waals surface area contributed by atoms with Crippen molar-refractivity contribution in [2.45, 2.75) is 31.7 Å². The average molecular weight is 499 g/mol. The normalized spacial score (nSPS) is 11.0. The number of carbonyl (C=O) groups is 3. The van der Waals surface area contributed by atoms with E-state index >= 15 is 0 Å². The summed E-state index contributed by atoms with van der Waals surface area (Å²) in [5.41, 5.74) is 2.73. The second-order valence-electron chi connectivity index (χ2n) is 8.08. The third-order valence-corrected chi connectivity index (χ3v) is 5.38. The summed E-state index contributed by atoms with van der Waals surface area (Å²) in [6.07, 6.45) is 3.21. The van der Waals surface area contributed by atoms with Crippen molar-refractivity contribution in [3.05, 3.63) is 84.6 Å². The number of carboxylic acid groups (broad SMARTS) is 1. The molecule has 0 aliphatic rings. The first-order valence-electron chi connectivity index (χ1n) is 11.6. The Morgan fingerprint density at radius 3 is 2.19 bits per heavy atom. The number of nitrogens with zero attached hydrogens (tertiary/aromatic N) is 1. The Labute approximate surface area is 233 Å². The number of pyridine rings is 1. The molecule has 0 fully saturated rings. The molecule has 1 aromatic heterocycles. The van der Waals surface area contributed by atoms with Gasteiger partial charge in [0.25, 0.3) is 0 Å². The van der Waals surface area contributed by atoms with Crippen molar-refractivity contribution in [1.29, 1.82) is 0 Å². The summed E-state index contributed by atoms with van der Waals surface area (Å²) in [7, 11) is 0. The zero-order valence-corrected chi connectivity index (χ0v) is 19.4. The van der Waals surface area contributed by atoms with Crippen LogP contribution >= 0.6 is 0 Å². The Kier molecular flexibility index (Phi) is 12.7. The van der Waals surface area contributed by atoms with Gasteiger partial charge in [-0.15, -0.1) is 0 Å². The SMILES string of the molecule is O=C(O)CC(NC(=O)CNC(=O)CCCCNc1ccccn1)c1ccc(-c2ccccc2)cc1.[NaH]. The maximum atomic E-state index is 12.4. The van der Waals surface area contributed by atoms with Gasteiger partial charge in [0.2, 0.25) is 11.8 Å². The number of aliphatic carboxylic acids is 1. The van der Waals surface area contributed by atoms with Crippen LogP contribution in [0, 0.1) is 0 Å². The molecule has 1 unspecified atom stereocenters. The van der Waals surface area contributed by atoms with E-state index in [4.69, 9.17) is 0 Å². The molecule has 4 N–H and O–H groups in total. The zero-order valence-electron chi connectivity index (χ0n) is 19.4. The molecule has 0 saturated carbocycles. The summed E-state index contributed by atoms with van der Waals surface area (Å²) in [5.74, 6) is -0.890. The molecule has 0 spiro atoms. The van der Waals surface area contributed by atoms with Gasteiger partial charge in [0.1, 0.15) is 5.82 Å². The first-order chi connectivity index (χ1) is 17.0. The Balaban J connectivity index is 0.00000456. The van der Waals surface area contributed by atoms with E-state index in [0.29, 0.717) is 24.9 Å². The van der Waals surface area contributed by atoms with Gasteiger partial charge in [-0.05, 0) is 41.7 Å². The number of benzene rings is 2. The quantitative estimate of drug-likeness (QED) is 0.212. The van der Waals surface area contributed by atoms with Gasteiger partial charge >= 0.3 is 35.5 Å². The molecule has 0 bridgehead atoms. The second kappa shape index (κ2) is 15.7. The summed E-state index contributed by atoms with van der Waals surface area (Å²) in [6.45, 7) is 0.494. The minimum atomic E-state index is -1.02. The van der Waals surface area contributed by atoms with Gasteiger partial charge in [0.15, 0.2) is 0 Å². The molecule has 2 amide bonds. The summed E-state index contributed by atoms with van der Waals surface area (Å²) in [5, 5.41) is 17.8. The van der Waals surface area contributed by atoms with Crippen molar-refractivity contribution in [1.82, 2.24) is 15.6 Å². The fraction of sp³-hybridized carbons (Fsp3) is 0.259. The molecule has 184 valence electrons. The number of aromatic nitrogens is 1. The number of rotatable bonds is 13. The van der Waals surface area contributed by atoms with E-state index in [2.05, 4.69) is 20.9 Å². The van der Waals surface area contributed by atoms with E-state index in [1.54, 1.807) is 6.20 Å². The summed E-state index contributed by atoms with van der Waals surface area (Å²) in [4.78, 5) is 40.0. The molecule has 8 nitrogen and oxygen atoms in total. The predicted octanol–water partition coefficient (Wildman–Crippen LogP) is 3.13. The molecule has 0 aliphatic heterocycles. The number of carbonyl (C=O) groups excluding carboxylic acids is 2. The number of anilines is 1. The topological polar surface area (TPSA) is 120 Å². The summed E-state index contributed by atoms with van der Waals surface area (Å²) < 4.78 is 0. The average Bonchev–Trinajstić information content (AvgIpc) is 2.88. The Bertz CT molecular complexity index is 1100. The number of unbranched alkanes of at least 4 members (excludes halogenated alkanes) is 1. The van der Waals surface area contributed by atoms with E-state index in [0.717, 1.165) is 23.4 Å². The Hall–Kier alpha value is -3.20. The van der Waals surface area contributed by atoms with Crippen LogP contribution in [-0.4, -0.2) is 70.5 Å². The molecule has 0 radical (unpaired) electrons. The molecular weight excluding hydrogens is 467 g/mol. The van der Waals surface area contributed by atoms with Crippen LogP contribution in [-0.2, 0) is 14.4 Å². The molecule has 2 aromatic carbocycles. The van der Waals surface area contributed by atoms with Crippen molar-refractivity contribution in [3.63, 3.8) is 0 Å². The number of nitrogens with one attached hydrogen (secondary N) is 3. The van der Waals surface area contributed by atoms with Gasteiger partial charge in [-0.3, -0.25) is 14.4 Å². The van der Waals surface area contributed by atoms with E-state index < -0.39 is 17.9 Å². The third-order valence-electron chi connectivity index (χ3n) is 5.38.